The molecule has 0 aromatic carbocycles. The van der Waals surface area contributed by atoms with Crippen LogP contribution in [-0.2, 0) is 0 Å². The van der Waals surface area contributed by atoms with Gasteiger partial charge in [-0.1, -0.05) is 0 Å². The minimum absolute atomic E-state index is 0.941. The molecule has 3 aliphatic rings. The quantitative estimate of drug-likeness (QED) is 0.663. The molecule has 0 aromatic heterocycles. The smallest absolute Gasteiger partial charge is 0.00152 e. The summed E-state index contributed by atoms with van der Waals surface area (Å²) in [6.07, 6.45) is 10.3. The highest BCUT2D eigenvalue weighted by Gasteiger charge is 2.40. The predicted octanol–water partition coefficient (Wildman–Crippen LogP) is 2.40. The number of hydrogen-bond donors (Lipinski definition) is 2. The van der Waals surface area contributed by atoms with Crippen LogP contribution in [0.1, 0.15) is 44.9 Å². The minimum Gasteiger partial charge on any atom is -0.316 e. The van der Waals surface area contributed by atoms with E-state index in [-0.39, 0.29) is 0 Å². The highest BCUT2D eigenvalue weighted by Crippen LogP contribution is 2.48. The Bertz CT molecular complexity index is 215. The monoisotopic (exact) mass is 236 g/mol. The molecular weight excluding hydrogens is 208 g/mol. The topological polar surface area (TPSA) is 24.1 Å². The van der Waals surface area contributed by atoms with Crippen LogP contribution in [0.15, 0.2) is 0 Å². The molecule has 3 fully saturated rings. The van der Waals surface area contributed by atoms with Crippen molar-refractivity contribution < 1.29 is 0 Å². The van der Waals surface area contributed by atoms with E-state index in [9.17, 15) is 0 Å². The fourth-order valence-electron chi connectivity index (χ4n) is 3.51. The maximum absolute atomic E-state index is 3.75. The van der Waals surface area contributed by atoms with Crippen molar-refractivity contribution in [2.45, 2.75) is 44.9 Å². The van der Waals surface area contributed by atoms with Crippen molar-refractivity contribution in [1.29, 1.82) is 0 Å². The van der Waals surface area contributed by atoms with Crippen LogP contribution in [-0.4, -0.2) is 26.2 Å². The Kier molecular flexibility index (Phi) is 4.02. The molecular formula is C15H28N2. The zero-order chi connectivity index (χ0) is 11.5. The number of nitrogens with one attached hydrogen (secondary N) is 2. The fourth-order valence-corrected chi connectivity index (χ4v) is 3.51. The molecule has 0 amide bonds. The van der Waals surface area contributed by atoms with Crippen molar-refractivity contribution >= 4 is 0 Å². The van der Waals surface area contributed by atoms with Crippen LogP contribution in [0.5, 0.6) is 0 Å². The van der Waals surface area contributed by atoms with Crippen molar-refractivity contribution in [3.05, 3.63) is 0 Å². The molecule has 1 unspecified atom stereocenters. The third kappa shape index (κ3) is 3.69. The Hall–Kier alpha value is -0.0800. The van der Waals surface area contributed by atoms with Gasteiger partial charge in [0.25, 0.3) is 0 Å². The van der Waals surface area contributed by atoms with Gasteiger partial charge in [0.2, 0.25) is 0 Å². The number of rotatable bonds is 7. The second-order valence-corrected chi connectivity index (χ2v) is 6.54. The van der Waals surface area contributed by atoms with Gasteiger partial charge >= 0.3 is 0 Å². The Morgan fingerprint density at radius 2 is 1.82 bits per heavy atom. The second-order valence-electron chi connectivity index (χ2n) is 6.54. The van der Waals surface area contributed by atoms with E-state index in [4.69, 9.17) is 0 Å². The van der Waals surface area contributed by atoms with Crippen LogP contribution in [0.25, 0.3) is 0 Å². The van der Waals surface area contributed by atoms with E-state index in [2.05, 4.69) is 10.6 Å². The molecule has 0 spiro atoms. The van der Waals surface area contributed by atoms with Crippen molar-refractivity contribution in [1.82, 2.24) is 10.6 Å². The second kappa shape index (κ2) is 5.71. The molecule has 0 radical (unpaired) electrons. The molecule has 1 saturated heterocycles. The first-order chi connectivity index (χ1) is 8.43. The van der Waals surface area contributed by atoms with E-state index in [0.29, 0.717) is 0 Å². The lowest BCUT2D eigenvalue weighted by molar-refractivity contribution is 0.333. The summed E-state index contributed by atoms with van der Waals surface area (Å²) in [5.74, 6) is 4.19. The summed E-state index contributed by atoms with van der Waals surface area (Å²) in [5.41, 5.74) is 0. The average Bonchev–Trinajstić information content (AvgIpc) is 3.24. The average molecular weight is 236 g/mol. The van der Waals surface area contributed by atoms with Gasteiger partial charge in [-0.3, -0.25) is 0 Å². The molecule has 17 heavy (non-hydrogen) atoms. The van der Waals surface area contributed by atoms with Crippen LogP contribution in [0.4, 0.5) is 0 Å². The standard InChI is InChI=1S/C15H28N2/c1-2-12(10-16-8-1)7-9-17-11-15(13-3-4-13)14-5-6-14/h12-17H,1-11H2. The molecule has 2 N–H and O–H groups in total. The molecule has 2 heteroatoms. The van der Waals surface area contributed by atoms with Crippen molar-refractivity contribution in [2.24, 2.45) is 23.7 Å². The van der Waals surface area contributed by atoms with Crippen LogP contribution >= 0.6 is 0 Å². The molecule has 2 saturated carbocycles. The first kappa shape index (κ1) is 12.0. The maximum Gasteiger partial charge on any atom is -0.00152 e. The number of hydrogen-bond acceptors (Lipinski definition) is 2. The van der Waals surface area contributed by atoms with Crippen molar-refractivity contribution in [3.8, 4) is 0 Å². The Morgan fingerprint density at radius 3 is 2.41 bits per heavy atom. The highest BCUT2D eigenvalue weighted by atomic mass is 14.9. The molecule has 1 aliphatic heterocycles. The van der Waals surface area contributed by atoms with E-state index >= 15 is 0 Å². The van der Waals surface area contributed by atoms with E-state index < -0.39 is 0 Å². The van der Waals surface area contributed by atoms with Gasteiger partial charge in [0.05, 0.1) is 0 Å². The summed E-state index contributed by atoms with van der Waals surface area (Å²) >= 11 is 0. The molecule has 1 heterocycles. The first-order valence-corrected chi connectivity index (χ1v) is 7.85. The SMILES string of the molecule is C1CNCC(CCNCC(C2CC2)C2CC2)C1. The normalized spacial score (nSPS) is 29.8. The summed E-state index contributed by atoms with van der Waals surface area (Å²) in [4.78, 5) is 0. The minimum atomic E-state index is 0.941. The molecule has 0 bridgehead atoms. The van der Waals surface area contributed by atoms with Gasteiger partial charge in [-0.05, 0) is 94.8 Å². The van der Waals surface area contributed by atoms with Crippen LogP contribution in [0.2, 0.25) is 0 Å². The molecule has 3 rings (SSSR count). The number of piperidine rings is 1. The highest BCUT2D eigenvalue weighted by molar-refractivity contribution is 4.92. The van der Waals surface area contributed by atoms with E-state index in [1.54, 1.807) is 0 Å². The van der Waals surface area contributed by atoms with Gasteiger partial charge in [-0.2, -0.15) is 0 Å². The molecule has 2 aliphatic carbocycles. The molecule has 0 aromatic rings. The van der Waals surface area contributed by atoms with Crippen molar-refractivity contribution in [2.75, 3.05) is 26.2 Å². The largest absolute Gasteiger partial charge is 0.316 e. The summed E-state index contributed by atoms with van der Waals surface area (Å²) in [7, 11) is 0. The Labute approximate surface area is 106 Å². The van der Waals surface area contributed by atoms with Crippen LogP contribution in [0.3, 0.4) is 0 Å². The molecule has 98 valence electrons. The molecule has 2 nitrogen and oxygen atoms in total. The lowest BCUT2D eigenvalue weighted by Gasteiger charge is -2.23. The summed E-state index contributed by atoms with van der Waals surface area (Å²) in [6.45, 7) is 5.07. The summed E-state index contributed by atoms with van der Waals surface area (Å²) < 4.78 is 0. The van der Waals surface area contributed by atoms with Gasteiger partial charge < -0.3 is 10.6 Å². The Balaban J connectivity index is 1.28. The fraction of sp³-hybridized carbons (Fsp3) is 1.00. The van der Waals surface area contributed by atoms with Gasteiger partial charge in [0.15, 0.2) is 0 Å². The van der Waals surface area contributed by atoms with Gasteiger partial charge in [0, 0.05) is 0 Å². The summed E-state index contributed by atoms with van der Waals surface area (Å²) in [6, 6.07) is 0. The first-order valence-electron chi connectivity index (χ1n) is 7.85. The van der Waals surface area contributed by atoms with Gasteiger partial charge in [-0.15, -0.1) is 0 Å². The van der Waals surface area contributed by atoms with E-state index in [1.165, 1.54) is 71.1 Å². The maximum atomic E-state index is 3.75. The predicted molar refractivity (Wildman–Crippen MR) is 72.0 cm³/mol. The van der Waals surface area contributed by atoms with Gasteiger partial charge in [0.1, 0.15) is 0 Å². The molecule has 1 atom stereocenters. The Morgan fingerprint density at radius 1 is 1.06 bits per heavy atom. The zero-order valence-corrected chi connectivity index (χ0v) is 11.1. The third-order valence-corrected chi connectivity index (χ3v) is 4.96. The lowest BCUT2D eigenvalue weighted by Crippen LogP contribution is -2.33. The van der Waals surface area contributed by atoms with Crippen LogP contribution < -0.4 is 10.6 Å². The summed E-state index contributed by atoms with van der Waals surface area (Å²) in [5, 5.41) is 7.26. The van der Waals surface area contributed by atoms with Crippen LogP contribution in [0, 0.1) is 23.7 Å². The van der Waals surface area contributed by atoms with E-state index in [0.717, 1.165) is 23.7 Å². The lowest BCUT2D eigenvalue weighted by atomic mass is 9.95. The van der Waals surface area contributed by atoms with Gasteiger partial charge in [-0.25, -0.2) is 0 Å². The zero-order valence-electron chi connectivity index (χ0n) is 11.1. The van der Waals surface area contributed by atoms with Crippen molar-refractivity contribution in [3.63, 3.8) is 0 Å². The third-order valence-electron chi connectivity index (χ3n) is 4.96. The van der Waals surface area contributed by atoms with E-state index in [1.807, 2.05) is 0 Å².